The first-order valence-corrected chi connectivity index (χ1v) is 11.6. The number of nitrogens with zero attached hydrogens (tertiary/aromatic N) is 2. The molecule has 0 aromatic heterocycles. The van der Waals surface area contributed by atoms with Crippen molar-refractivity contribution in [1.82, 2.24) is 4.90 Å². The van der Waals surface area contributed by atoms with Crippen molar-refractivity contribution in [2.24, 2.45) is 0 Å². The van der Waals surface area contributed by atoms with Gasteiger partial charge in [-0.2, -0.15) is 4.79 Å². The normalized spacial score (nSPS) is 20.8. The molecule has 2 amide bonds. The maximum Gasteiger partial charge on any atom is 0.513 e. The summed E-state index contributed by atoms with van der Waals surface area (Å²) < 4.78 is 5.50. The Morgan fingerprint density at radius 2 is 1.82 bits per heavy atom. The van der Waals surface area contributed by atoms with Crippen molar-refractivity contribution in [1.29, 1.82) is 0 Å². The lowest BCUT2D eigenvalue weighted by Crippen LogP contribution is -2.66. The molecule has 1 aliphatic rings. The van der Waals surface area contributed by atoms with Crippen LogP contribution in [0, 0.1) is 0 Å². The van der Waals surface area contributed by atoms with Gasteiger partial charge in [0.05, 0.1) is 23.3 Å². The van der Waals surface area contributed by atoms with Gasteiger partial charge in [-0.05, 0) is 39.3 Å². The number of piperazine rings is 1. The molecule has 3 rings (SSSR count). The van der Waals surface area contributed by atoms with Gasteiger partial charge in [0.1, 0.15) is 25.2 Å². The Morgan fingerprint density at radius 1 is 1.15 bits per heavy atom. The van der Waals surface area contributed by atoms with Gasteiger partial charge in [-0.1, -0.05) is 54.1 Å². The number of hydrogen-bond donors (Lipinski definition) is 2. The van der Waals surface area contributed by atoms with Crippen molar-refractivity contribution in [2.75, 3.05) is 31.5 Å². The Labute approximate surface area is 200 Å². The van der Waals surface area contributed by atoms with E-state index in [0.717, 1.165) is 11.3 Å². The first-order valence-electron chi connectivity index (χ1n) is 11.2. The maximum absolute atomic E-state index is 13.0. The molecule has 178 valence electrons. The average molecular weight is 475 g/mol. The van der Waals surface area contributed by atoms with Gasteiger partial charge in [-0.25, -0.2) is 9.28 Å². The van der Waals surface area contributed by atoms with E-state index in [1.807, 2.05) is 75.4 Å². The van der Waals surface area contributed by atoms with Crippen LogP contribution in [0.3, 0.4) is 0 Å². The summed E-state index contributed by atoms with van der Waals surface area (Å²) in [5.74, 6) is 0. The molecule has 0 bridgehead atoms. The molecule has 33 heavy (non-hydrogen) atoms. The first-order chi connectivity index (χ1) is 15.6. The number of anilines is 1. The van der Waals surface area contributed by atoms with Crippen LogP contribution >= 0.6 is 11.6 Å². The Kier molecular flexibility index (Phi) is 7.87. The highest BCUT2D eigenvalue weighted by Gasteiger charge is 2.47. The molecule has 0 spiro atoms. The number of amides is 2. The third kappa shape index (κ3) is 6.62. The quantitative estimate of drug-likeness (QED) is 0.544. The highest BCUT2D eigenvalue weighted by molar-refractivity contribution is 6.33. The molecule has 1 unspecified atom stereocenters. The number of nitrogens with one attached hydrogen (secondary N) is 1. The lowest BCUT2D eigenvalue weighted by Gasteiger charge is -2.45. The van der Waals surface area contributed by atoms with E-state index in [-0.39, 0.29) is 10.5 Å². The van der Waals surface area contributed by atoms with Crippen LogP contribution in [0.15, 0.2) is 54.6 Å². The van der Waals surface area contributed by atoms with Gasteiger partial charge in [0.25, 0.3) is 0 Å². The summed E-state index contributed by atoms with van der Waals surface area (Å²) in [6.45, 7) is 7.32. The van der Waals surface area contributed by atoms with Gasteiger partial charge < -0.3 is 15.2 Å². The van der Waals surface area contributed by atoms with Gasteiger partial charge in [-0.3, -0.25) is 4.90 Å². The fourth-order valence-corrected chi connectivity index (χ4v) is 4.38. The van der Waals surface area contributed by atoms with E-state index in [9.17, 15) is 14.7 Å². The van der Waals surface area contributed by atoms with Crippen LogP contribution in [0.5, 0.6) is 0 Å². The monoisotopic (exact) mass is 474 g/mol. The van der Waals surface area contributed by atoms with Crippen molar-refractivity contribution >= 4 is 29.5 Å². The van der Waals surface area contributed by atoms with Crippen molar-refractivity contribution in [3.05, 3.63) is 65.2 Å². The van der Waals surface area contributed by atoms with E-state index in [1.54, 1.807) is 4.90 Å². The molecule has 1 aliphatic heterocycles. The Balaban J connectivity index is 1.79. The maximum atomic E-state index is 13.0. The minimum Gasteiger partial charge on any atom is -0.444 e. The molecule has 2 aromatic carbocycles. The van der Waals surface area contributed by atoms with Crippen LogP contribution in [0.4, 0.5) is 15.3 Å². The number of carbonyl (C=O) groups is 2. The highest BCUT2D eigenvalue weighted by Crippen LogP contribution is 2.27. The third-order valence-electron chi connectivity index (χ3n) is 5.80. The van der Waals surface area contributed by atoms with E-state index in [1.165, 1.54) is 0 Å². The minimum atomic E-state index is -0.883. The molecule has 0 radical (unpaired) electrons. The van der Waals surface area contributed by atoms with E-state index in [0.29, 0.717) is 44.2 Å². The lowest BCUT2D eigenvalue weighted by atomic mass is 10.0. The molecule has 8 heteroatoms. The standard InChI is InChI=1S/C25H32ClN3O4/c1-25(2,3)33-23(30)28-15-16-29(24(31)32,17-19-9-5-4-6-10-19)18-20(28)13-14-27-22-12-8-7-11-21(22)26/h4-12,20,27H,13-18H2,1-3H3/p+1/t20-,29?/m1/s1. The number of carboxylic acid groups (broad SMARTS) is 1. The zero-order chi connectivity index (χ0) is 24.1. The van der Waals surface area contributed by atoms with Crippen LogP contribution in [0.1, 0.15) is 32.8 Å². The fraction of sp³-hybridized carbons (Fsp3) is 0.440. The van der Waals surface area contributed by atoms with Crippen molar-refractivity contribution < 1.29 is 23.9 Å². The molecular formula is C25H33ClN3O4+. The molecule has 1 saturated heterocycles. The fourth-order valence-electron chi connectivity index (χ4n) is 4.18. The third-order valence-corrected chi connectivity index (χ3v) is 6.13. The predicted molar refractivity (Wildman–Crippen MR) is 129 cm³/mol. The largest absolute Gasteiger partial charge is 0.513 e. The summed E-state index contributed by atoms with van der Waals surface area (Å²) in [6, 6.07) is 16.8. The molecule has 2 N–H and O–H groups in total. The zero-order valence-corrected chi connectivity index (χ0v) is 20.2. The van der Waals surface area contributed by atoms with E-state index < -0.39 is 17.8 Å². The Bertz CT molecular complexity index is 964. The number of halogens is 1. The number of para-hydroxylation sites is 1. The molecule has 0 aliphatic carbocycles. The Morgan fingerprint density at radius 3 is 2.45 bits per heavy atom. The summed E-state index contributed by atoms with van der Waals surface area (Å²) in [7, 11) is 0. The Hall–Kier alpha value is -2.77. The van der Waals surface area contributed by atoms with Crippen molar-refractivity contribution in [2.45, 2.75) is 45.4 Å². The smallest absolute Gasteiger partial charge is 0.444 e. The van der Waals surface area contributed by atoms with Gasteiger partial charge in [0.2, 0.25) is 0 Å². The van der Waals surface area contributed by atoms with Gasteiger partial charge in [0, 0.05) is 12.1 Å². The summed E-state index contributed by atoms with van der Waals surface area (Å²) in [5, 5.41) is 14.1. The van der Waals surface area contributed by atoms with Crippen LogP contribution in [0.25, 0.3) is 0 Å². The van der Waals surface area contributed by atoms with Crippen LogP contribution in [0.2, 0.25) is 5.02 Å². The van der Waals surface area contributed by atoms with Crippen LogP contribution in [-0.2, 0) is 11.3 Å². The highest BCUT2D eigenvalue weighted by atomic mass is 35.5. The van der Waals surface area contributed by atoms with E-state index in [4.69, 9.17) is 16.3 Å². The SMILES string of the molecule is CC(C)(C)OC(=O)N1CC[N+](Cc2ccccc2)(C(=O)O)C[C@H]1CCNc1ccccc1Cl. The van der Waals surface area contributed by atoms with E-state index >= 15 is 0 Å². The van der Waals surface area contributed by atoms with Gasteiger partial charge in [-0.15, -0.1) is 0 Å². The van der Waals surface area contributed by atoms with Gasteiger partial charge in [0.15, 0.2) is 0 Å². The van der Waals surface area contributed by atoms with Crippen LogP contribution < -0.4 is 5.32 Å². The molecule has 1 heterocycles. The number of carbonyl (C=O) groups excluding carboxylic acids is 1. The summed E-state index contributed by atoms with van der Waals surface area (Å²) in [4.78, 5) is 27.1. The van der Waals surface area contributed by atoms with Crippen LogP contribution in [-0.4, -0.2) is 64.5 Å². The second-order valence-corrected chi connectivity index (χ2v) is 9.91. The van der Waals surface area contributed by atoms with Crippen molar-refractivity contribution in [3.63, 3.8) is 0 Å². The van der Waals surface area contributed by atoms with Gasteiger partial charge >= 0.3 is 12.2 Å². The van der Waals surface area contributed by atoms with E-state index in [2.05, 4.69) is 5.32 Å². The molecule has 7 nitrogen and oxygen atoms in total. The lowest BCUT2D eigenvalue weighted by molar-refractivity contribution is -0.878. The second-order valence-electron chi connectivity index (χ2n) is 9.50. The summed E-state index contributed by atoms with van der Waals surface area (Å²) in [6.07, 6.45) is -0.730. The molecule has 2 aromatic rings. The first kappa shape index (κ1) is 24.9. The number of hydrogen-bond acceptors (Lipinski definition) is 4. The zero-order valence-electron chi connectivity index (χ0n) is 19.5. The summed E-state index contributed by atoms with van der Waals surface area (Å²) in [5.41, 5.74) is 1.14. The molecule has 0 saturated carbocycles. The number of rotatable bonds is 6. The second kappa shape index (κ2) is 10.4. The predicted octanol–water partition coefficient (Wildman–Crippen LogP) is 5.46. The van der Waals surface area contributed by atoms with Crippen molar-refractivity contribution in [3.8, 4) is 0 Å². The average Bonchev–Trinajstić information content (AvgIpc) is 2.74. The number of ether oxygens (including phenoxy) is 1. The number of benzene rings is 2. The molecule has 1 fully saturated rings. The minimum absolute atomic E-state index is 0.125. The molecule has 2 atom stereocenters. The molecular weight excluding hydrogens is 442 g/mol. The number of quaternary nitrogens is 1. The topological polar surface area (TPSA) is 78.9 Å². The summed E-state index contributed by atoms with van der Waals surface area (Å²) >= 11 is 6.25.